The molecule has 0 bridgehead atoms. The Morgan fingerprint density at radius 1 is 0.824 bits per heavy atom. The second-order valence-corrected chi connectivity index (χ2v) is 4.73. The first-order chi connectivity index (χ1) is 8.34. The minimum atomic E-state index is 0.996. The van der Waals surface area contributed by atoms with Gasteiger partial charge in [0.15, 0.2) is 0 Å². The van der Waals surface area contributed by atoms with E-state index >= 15 is 0 Å². The van der Waals surface area contributed by atoms with E-state index in [4.69, 9.17) is 0 Å². The molecule has 0 atom stereocenters. The Morgan fingerprint density at radius 3 is 2.35 bits per heavy atom. The van der Waals surface area contributed by atoms with Crippen molar-refractivity contribution in [2.24, 2.45) is 0 Å². The van der Waals surface area contributed by atoms with Crippen molar-refractivity contribution in [3.63, 3.8) is 0 Å². The van der Waals surface area contributed by atoms with Gasteiger partial charge in [0.1, 0.15) is 0 Å². The maximum Gasteiger partial charge on any atom is 0.0720 e. The average molecular weight is 284 g/mol. The van der Waals surface area contributed by atoms with Crippen molar-refractivity contribution in [1.82, 2.24) is 4.98 Å². The van der Waals surface area contributed by atoms with Gasteiger partial charge in [-0.2, -0.15) is 0 Å². The molecule has 82 valence electrons. The molecule has 3 rings (SSSR count). The first-order valence-electron chi connectivity index (χ1n) is 5.45. The highest BCUT2D eigenvalue weighted by atomic mass is 79.9. The normalized spacial score (nSPS) is 10.6. The summed E-state index contributed by atoms with van der Waals surface area (Å²) in [6, 6.07) is 20.4. The van der Waals surface area contributed by atoms with Crippen molar-refractivity contribution >= 4 is 26.8 Å². The minimum Gasteiger partial charge on any atom is -0.248 e. The molecule has 0 unspecified atom stereocenters. The SMILES string of the molecule is Brc1cc(-c2ccccc2)nc2ccccc12. The molecule has 0 aliphatic heterocycles. The first-order valence-corrected chi connectivity index (χ1v) is 6.24. The molecule has 0 saturated carbocycles. The van der Waals surface area contributed by atoms with Crippen LogP contribution in [0.3, 0.4) is 0 Å². The summed E-state index contributed by atoms with van der Waals surface area (Å²) >= 11 is 3.60. The zero-order valence-corrected chi connectivity index (χ0v) is 10.7. The Kier molecular flexibility index (Phi) is 2.65. The highest BCUT2D eigenvalue weighted by Gasteiger charge is 2.04. The van der Waals surface area contributed by atoms with Gasteiger partial charge in [-0.3, -0.25) is 0 Å². The van der Waals surface area contributed by atoms with Crippen LogP contribution in [-0.4, -0.2) is 4.98 Å². The summed E-state index contributed by atoms with van der Waals surface area (Å²) in [4.78, 5) is 4.68. The molecule has 0 aliphatic rings. The maximum absolute atomic E-state index is 4.68. The third-order valence-corrected chi connectivity index (χ3v) is 3.39. The van der Waals surface area contributed by atoms with Gasteiger partial charge in [0.2, 0.25) is 0 Å². The van der Waals surface area contributed by atoms with Crippen molar-refractivity contribution in [3.05, 3.63) is 65.1 Å². The number of rotatable bonds is 1. The monoisotopic (exact) mass is 283 g/mol. The third kappa shape index (κ3) is 1.96. The predicted molar refractivity (Wildman–Crippen MR) is 74.9 cm³/mol. The Morgan fingerprint density at radius 2 is 1.53 bits per heavy atom. The van der Waals surface area contributed by atoms with Gasteiger partial charge < -0.3 is 0 Å². The van der Waals surface area contributed by atoms with E-state index in [0.717, 1.165) is 26.6 Å². The number of para-hydroxylation sites is 1. The summed E-state index contributed by atoms with van der Waals surface area (Å²) in [6.07, 6.45) is 0. The molecule has 1 nitrogen and oxygen atoms in total. The van der Waals surface area contributed by atoms with Gasteiger partial charge in [-0.1, -0.05) is 64.5 Å². The number of fused-ring (bicyclic) bond motifs is 1. The van der Waals surface area contributed by atoms with Crippen LogP contribution in [0.15, 0.2) is 65.1 Å². The second-order valence-electron chi connectivity index (χ2n) is 3.87. The summed E-state index contributed by atoms with van der Waals surface area (Å²) in [6.45, 7) is 0. The largest absolute Gasteiger partial charge is 0.248 e. The van der Waals surface area contributed by atoms with Gasteiger partial charge in [-0.25, -0.2) is 4.98 Å². The fourth-order valence-electron chi connectivity index (χ4n) is 1.89. The Hall–Kier alpha value is -1.67. The molecular weight excluding hydrogens is 274 g/mol. The number of aromatic nitrogens is 1. The molecule has 1 heterocycles. The minimum absolute atomic E-state index is 0.996. The number of hydrogen-bond acceptors (Lipinski definition) is 1. The molecule has 2 heteroatoms. The third-order valence-electron chi connectivity index (χ3n) is 2.74. The maximum atomic E-state index is 4.68. The molecule has 0 saturated heterocycles. The van der Waals surface area contributed by atoms with Crippen LogP contribution < -0.4 is 0 Å². The topological polar surface area (TPSA) is 12.9 Å². The van der Waals surface area contributed by atoms with E-state index in [0.29, 0.717) is 0 Å². The van der Waals surface area contributed by atoms with Crippen LogP contribution >= 0.6 is 15.9 Å². The van der Waals surface area contributed by atoms with Crippen LogP contribution in [0.4, 0.5) is 0 Å². The molecule has 2 aromatic carbocycles. The Labute approximate surface area is 108 Å². The number of hydrogen-bond donors (Lipinski definition) is 0. The molecule has 0 spiro atoms. The zero-order valence-electron chi connectivity index (χ0n) is 9.10. The quantitative estimate of drug-likeness (QED) is 0.633. The molecule has 0 aliphatic carbocycles. The predicted octanol–water partition coefficient (Wildman–Crippen LogP) is 4.66. The highest BCUT2D eigenvalue weighted by molar-refractivity contribution is 9.10. The van der Waals surface area contributed by atoms with Crippen LogP contribution in [0.5, 0.6) is 0 Å². The van der Waals surface area contributed by atoms with Gasteiger partial charge in [-0.15, -0.1) is 0 Å². The van der Waals surface area contributed by atoms with Crippen LogP contribution in [0, 0.1) is 0 Å². The number of pyridine rings is 1. The van der Waals surface area contributed by atoms with Crippen LogP contribution in [0.2, 0.25) is 0 Å². The molecule has 3 aromatic rings. The number of benzene rings is 2. The van der Waals surface area contributed by atoms with E-state index in [1.54, 1.807) is 0 Å². The van der Waals surface area contributed by atoms with Crippen LogP contribution in [-0.2, 0) is 0 Å². The summed E-state index contributed by atoms with van der Waals surface area (Å²) in [5, 5.41) is 1.15. The molecule has 17 heavy (non-hydrogen) atoms. The summed E-state index contributed by atoms with van der Waals surface area (Å²) in [7, 11) is 0. The summed E-state index contributed by atoms with van der Waals surface area (Å²) in [5.41, 5.74) is 3.15. The van der Waals surface area contributed by atoms with Crippen LogP contribution in [0.1, 0.15) is 0 Å². The number of halogens is 1. The van der Waals surface area contributed by atoms with Gasteiger partial charge in [0.25, 0.3) is 0 Å². The molecule has 1 aromatic heterocycles. The van der Waals surface area contributed by atoms with Gasteiger partial charge in [0.05, 0.1) is 11.2 Å². The molecule has 0 amide bonds. The van der Waals surface area contributed by atoms with Crippen molar-refractivity contribution in [1.29, 1.82) is 0 Å². The average Bonchev–Trinajstić information content (AvgIpc) is 2.40. The fraction of sp³-hybridized carbons (Fsp3) is 0. The lowest BCUT2D eigenvalue weighted by molar-refractivity contribution is 1.39. The molecule has 0 N–H and O–H groups in total. The lowest BCUT2D eigenvalue weighted by atomic mass is 10.1. The van der Waals surface area contributed by atoms with E-state index in [9.17, 15) is 0 Å². The molecule has 0 radical (unpaired) electrons. The Bertz CT molecular complexity index is 662. The summed E-state index contributed by atoms with van der Waals surface area (Å²) in [5.74, 6) is 0. The van der Waals surface area contributed by atoms with Crippen LogP contribution in [0.25, 0.3) is 22.2 Å². The van der Waals surface area contributed by atoms with Crippen molar-refractivity contribution in [2.45, 2.75) is 0 Å². The lowest BCUT2D eigenvalue weighted by Gasteiger charge is -2.05. The molecule has 0 fully saturated rings. The Balaban J connectivity index is 2.26. The molecular formula is C15H10BrN. The van der Waals surface area contributed by atoms with E-state index < -0.39 is 0 Å². The van der Waals surface area contributed by atoms with E-state index in [1.165, 1.54) is 0 Å². The summed E-state index contributed by atoms with van der Waals surface area (Å²) < 4.78 is 1.09. The van der Waals surface area contributed by atoms with Gasteiger partial charge in [0, 0.05) is 15.4 Å². The smallest absolute Gasteiger partial charge is 0.0720 e. The second kappa shape index (κ2) is 4.30. The van der Waals surface area contributed by atoms with E-state index in [1.807, 2.05) is 36.4 Å². The van der Waals surface area contributed by atoms with E-state index in [-0.39, 0.29) is 0 Å². The van der Waals surface area contributed by atoms with E-state index in [2.05, 4.69) is 45.2 Å². The number of nitrogens with zero attached hydrogens (tertiary/aromatic N) is 1. The van der Waals surface area contributed by atoms with Crippen molar-refractivity contribution in [2.75, 3.05) is 0 Å². The highest BCUT2D eigenvalue weighted by Crippen LogP contribution is 2.27. The standard InChI is InChI=1S/C15H10BrN/c16-13-10-15(11-6-2-1-3-7-11)17-14-9-5-4-8-12(13)14/h1-10H. The van der Waals surface area contributed by atoms with Crippen molar-refractivity contribution < 1.29 is 0 Å². The van der Waals surface area contributed by atoms with Gasteiger partial charge in [-0.05, 0) is 12.1 Å². The van der Waals surface area contributed by atoms with Crippen molar-refractivity contribution in [3.8, 4) is 11.3 Å². The lowest BCUT2D eigenvalue weighted by Crippen LogP contribution is -1.86. The fourth-order valence-corrected chi connectivity index (χ4v) is 2.44. The first kappa shape index (κ1) is 10.5. The zero-order chi connectivity index (χ0) is 11.7. The van der Waals surface area contributed by atoms with Gasteiger partial charge >= 0.3 is 0 Å².